The van der Waals surface area contributed by atoms with Crippen LogP contribution in [0.2, 0.25) is 0 Å². The predicted octanol–water partition coefficient (Wildman–Crippen LogP) is 6.03. The fourth-order valence-corrected chi connectivity index (χ4v) is 5.13. The maximum Gasteiger partial charge on any atom is 0.147 e. The normalized spacial score (nSPS) is 13.7. The van der Waals surface area contributed by atoms with Crippen molar-refractivity contribution in [2.24, 2.45) is 5.92 Å². The first-order valence-corrected chi connectivity index (χ1v) is 13.3. The molecule has 2 heterocycles. The Kier molecular flexibility index (Phi) is 9.75. The number of aromatic nitrogens is 1. The maximum absolute atomic E-state index is 10.0. The topological polar surface area (TPSA) is 87.8 Å². The highest BCUT2D eigenvalue weighted by atomic mass is 15.1. The average molecular weight is 503 g/mol. The smallest absolute Gasteiger partial charge is 0.147 e. The van der Waals surface area contributed by atoms with Crippen LogP contribution in [-0.2, 0) is 6.54 Å². The Morgan fingerprint density at radius 3 is 2.13 bits per heavy atom. The van der Waals surface area contributed by atoms with E-state index >= 15 is 0 Å². The summed E-state index contributed by atoms with van der Waals surface area (Å²) >= 11 is 0. The van der Waals surface area contributed by atoms with Gasteiger partial charge < -0.3 is 10.6 Å². The van der Waals surface area contributed by atoms with Gasteiger partial charge in [0.2, 0.25) is 0 Å². The van der Waals surface area contributed by atoms with E-state index in [-0.39, 0.29) is 6.54 Å². The molecule has 2 aromatic carbocycles. The lowest BCUT2D eigenvalue weighted by atomic mass is 9.91. The molecule has 0 saturated carbocycles. The Morgan fingerprint density at radius 2 is 1.50 bits per heavy atom. The van der Waals surface area contributed by atoms with Gasteiger partial charge in [0.05, 0.1) is 6.54 Å². The van der Waals surface area contributed by atoms with Crippen molar-refractivity contribution in [3.8, 4) is 35.6 Å². The van der Waals surface area contributed by atoms with Crippen molar-refractivity contribution in [2.75, 3.05) is 36.8 Å². The molecule has 0 spiro atoms. The van der Waals surface area contributed by atoms with Crippen molar-refractivity contribution < 1.29 is 0 Å². The van der Waals surface area contributed by atoms with E-state index in [4.69, 9.17) is 6.42 Å². The van der Waals surface area contributed by atoms with E-state index in [1.165, 1.54) is 24.8 Å². The van der Waals surface area contributed by atoms with Crippen molar-refractivity contribution >= 4 is 11.6 Å². The van der Waals surface area contributed by atoms with Gasteiger partial charge in [-0.1, -0.05) is 79.4 Å². The van der Waals surface area contributed by atoms with Crippen molar-refractivity contribution in [3.63, 3.8) is 0 Å². The third kappa shape index (κ3) is 6.92. The first-order chi connectivity index (χ1) is 18.7. The number of likely N-dealkylation sites (tertiary alicyclic amines) is 1. The summed E-state index contributed by atoms with van der Waals surface area (Å²) in [4.78, 5) is 7.16. The molecule has 3 aromatic rings. The van der Waals surface area contributed by atoms with E-state index in [1.54, 1.807) is 0 Å². The van der Waals surface area contributed by atoms with Gasteiger partial charge in [0.25, 0.3) is 0 Å². The molecule has 6 heteroatoms. The summed E-state index contributed by atoms with van der Waals surface area (Å²) in [5, 5.41) is 26.4. The van der Waals surface area contributed by atoms with Crippen LogP contribution in [0.4, 0.5) is 11.6 Å². The minimum atomic E-state index is 0.241. The van der Waals surface area contributed by atoms with E-state index < -0.39 is 0 Å². The largest absolute Gasteiger partial charge is 0.369 e. The van der Waals surface area contributed by atoms with Gasteiger partial charge in [-0.15, -0.1) is 6.42 Å². The second-order valence-electron chi connectivity index (χ2n) is 9.71. The fourth-order valence-electron chi connectivity index (χ4n) is 5.13. The lowest BCUT2D eigenvalue weighted by molar-refractivity contribution is 0.170. The van der Waals surface area contributed by atoms with Crippen molar-refractivity contribution in [3.05, 3.63) is 77.4 Å². The summed E-state index contributed by atoms with van der Waals surface area (Å²) in [5.41, 5.74) is 3.47. The number of unbranched alkanes of at least 4 members (excludes halogenated alkanes) is 1. The highest BCUT2D eigenvalue weighted by molar-refractivity contribution is 5.85. The number of benzene rings is 2. The van der Waals surface area contributed by atoms with Gasteiger partial charge in [0, 0.05) is 18.7 Å². The first kappa shape index (κ1) is 26.7. The van der Waals surface area contributed by atoms with Crippen LogP contribution in [0, 0.1) is 40.9 Å². The number of nitriles is 2. The van der Waals surface area contributed by atoms with Crippen LogP contribution in [-0.4, -0.2) is 36.1 Å². The number of piperidine rings is 1. The third-order valence-corrected chi connectivity index (χ3v) is 7.13. The lowest BCUT2D eigenvalue weighted by Gasteiger charge is -2.32. The highest BCUT2D eigenvalue weighted by Crippen LogP contribution is 2.35. The van der Waals surface area contributed by atoms with Gasteiger partial charge in [-0.3, -0.25) is 4.90 Å². The van der Waals surface area contributed by atoms with Crippen LogP contribution in [0.25, 0.3) is 11.1 Å². The van der Waals surface area contributed by atoms with Gasteiger partial charge in [-0.05, 0) is 49.4 Å². The molecule has 1 fully saturated rings. The van der Waals surface area contributed by atoms with Crippen LogP contribution in [0.5, 0.6) is 0 Å². The molecule has 0 unspecified atom stereocenters. The molecule has 6 nitrogen and oxygen atoms in total. The predicted molar refractivity (Wildman–Crippen MR) is 153 cm³/mol. The number of pyridine rings is 1. The number of nitrogens with one attached hydrogen (secondary N) is 2. The molecule has 4 rings (SSSR count). The number of hydrogen-bond acceptors (Lipinski definition) is 6. The summed E-state index contributed by atoms with van der Waals surface area (Å²) < 4.78 is 0. The summed E-state index contributed by atoms with van der Waals surface area (Å²) in [6.45, 7) is 4.32. The monoisotopic (exact) mass is 502 g/mol. The zero-order valence-corrected chi connectivity index (χ0v) is 21.8. The Bertz CT molecular complexity index is 1310. The number of hydrogen-bond donors (Lipinski definition) is 2. The van der Waals surface area contributed by atoms with E-state index in [0.717, 1.165) is 44.0 Å². The summed E-state index contributed by atoms with van der Waals surface area (Å²) in [5.74, 6) is 4.19. The molecule has 1 aliphatic heterocycles. The zero-order valence-electron chi connectivity index (χ0n) is 21.8. The molecule has 0 aliphatic carbocycles. The second-order valence-corrected chi connectivity index (χ2v) is 9.71. The van der Waals surface area contributed by atoms with E-state index in [9.17, 15) is 10.5 Å². The highest BCUT2D eigenvalue weighted by Gasteiger charge is 2.22. The molecule has 38 heavy (non-hydrogen) atoms. The Hall–Kier alpha value is -4.31. The quantitative estimate of drug-likeness (QED) is 0.246. The molecule has 0 radical (unpaired) electrons. The standard InChI is InChI=1S/C32H34N6/c1-2-18-35-31-28(22-33)30(27-14-7-4-8-15-27)29(23-34)32(37-31)36-19-10-9-11-25-16-20-38(21-17-25)24-26-12-5-3-6-13-26/h1,3-8,12-15,25H,9-11,16-21,24H2,(H2,35,36,37). The van der Waals surface area contributed by atoms with Crippen molar-refractivity contribution in [1.29, 1.82) is 10.5 Å². The second kappa shape index (κ2) is 13.8. The van der Waals surface area contributed by atoms with Gasteiger partial charge in [0.15, 0.2) is 0 Å². The third-order valence-electron chi connectivity index (χ3n) is 7.13. The Morgan fingerprint density at radius 1 is 0.868 bits per heavy atom. The number of terminal acetylenes is 1. The number of anilines is 2. The first-order valence-electron chi connectivity index (χ1n) is 13.3. The van der Waals surface area contributed by atoms with Gasteiger partial charge >= 0.3 is 0 Å². The van der Waals surface area contributed by atoms with E-state index in [2.05, 4.69) is 68.9 Å². The SMILES string of the molecule is C#CCNc1nc(NCCCCC2CCN(Cc3ccccc3)CC2)c(C#N)c(-c2ccccc2)c1C#N. The van der Waals surface area contributed by atoms with E-state index in [0.29, 0.717) is 34.9 Å². The molecular weight excluding hydrogens is 468 g/mol. The molecule has 1 aromatic heterocycles. The summed E-state index contributed by atoms with van der Waals surface area (Å²) in [6, 6.07) is 24.7. The average Bonchev–Trinajstić information content (AvgIpc) is 2.97. The van der Waals surface area contributed by atoms with Crippen LogP contribution >= 0.6 is 0 Å². The lowest BCUT2D eigenvalue weighted by Crippen LogP contribution is -2.33. The molecule has 1 saturated heterocycles. The molecule has 192 valence electrons. The number of rotatable bonds is 11. The zero-order chi connectivity index (χ0) is 26.6. The Labute approximate surface area is 226 Å². The maximum atomic E-state index is 10.0. The van der Waals surface area contributed by atoms with Gasteiger partial charge in [0.1, 0.15) is 34.9 Å². The molecule has 1 aliphatic rings. The number of nitrogens with zero attached hydrogens (tertiary/aromatic N) is 4. The molecule has 0 bridgehead atoms. The van der Waals surface area contributed by atoms with E-state index in [1.807, 2.05) is 30.3 Å². The molecule has 0 amide bonds. The Balaban J connectivity index is 1.34. The van der Waals surface area contributed by atoms with Crippen LogP contribution < -0.4 is 10.6 Å². The van der Waals surface area contributed by atoms with Crippen LogP contribution in [0.15, 0.2) is 60.7 Å². The van der Waals surface area contributed by atoms with Crippen LogP contribution in [0.1, 0.15) is 48.8 Å². The van der Waals surface area contributed by atoms with Gasteiger partial charge in [-0.2, -0.15) is 10.5 Å². The molecule has 0 atom stereocenters. The van der Waals surface area contributed by atoms with Crippen molar-refractivity contribution in [1.82, 2.24) is 9.88 Å². The summed E-state index contributed by atoms with van der Waals surface area (Å²) in [6.07, 6.45) is 11.3. The van der Waals surface area contributed by atoms with Crippen molar-refractivity contribution in [2.45, 2.75) is 38.6 Å². The summed E-state index contributed by atoms with van der Waals surface area (Å²) in [7, 11) is 0. The molecule has 2 N–H and O–H groups in total. The fraction of sp³-hybridized carbons (Fsp3) is 0.344. The minimum absolute atomic E-state index is 0.241. The van der Waals surface area contributed by atoms with Crippen LogP contribution in [0.3, 0.4) is 0 Å². The van der Waals surface area contributed by atoms with Gasteiger partial charge in [-0.25, -0.2) is 4.98 Å². The minimum Gasteiger partial charge on any atom is -0.369 e. The molecular formula is C32H34N6.